The van der Waals surface area contributed by atoms with Crippen molar-refractivity contribution in [2.45, 2.75) is 25.4 Å². The van der Waals surface area contributed by atoms with E-state index in [1.54, 1.807) is 25.1 Å². The highest BCUT2D eigenvalue weighted by Crippen LogP contribution is 2.41. The van der Waals surface area contributed by atoms with Crippen molar-refractivity contribution in [2.75, 3.05) is 6.61 Å². The summed E-state index contributed by atoms with van der Waals surface area (Å²) in [5.74, 6) is -1.56. The minimum Gasteiger partial charge on any atom is -0.479 e. The van der Waals surface area contributed by atoms with Crippen LogP contribution in [-0.4, -0.2) is 23.8 Å². The maximum atomic E-state index is 13.8. The van der Waals surface area contributed by atoms with Crippen LogP contribution in [-0.2, 0) is 14.9 Å². The molecule has 1 fully saturated rings. The minimum absolute atomic E-state index is 0.228. The van der Waals surface area contributed by atoms with E-state index in [9.17, 15) is 9.18 Å². The molecule has 1 unspecified atom stereocenters. The Kier molecular flexibility index (Phi) is 2.91. The van der Waals surface area contributed by atoms with Gasteiger partial charge in [-0.3, -0.25) is 0 Å². The lowest BCUT2D eigenvalue weighted by molar-refractivity contribution is -0.148. The van der Waals surface area contributed by atoms with E-state index in [4.69, 9.17) is 9.84 Å². The molecule has 2 rings (SSSR count). The maximum Gasteiger partial charge on any atom is 0.333 e. The predicted octanol–water partition coefficient (Wildman–Crippen LogP) is 2.20. The summed E-state index contributed by atoms with van der Waals surface area (Å²) < 4.78 is 19.1. The molecule has 3 nitrogen and oxygen atoms in total. The summed E-state index contributed by atoms with van der Waals surface area (Å²) in [7, 11) is 0. The zero-order valence-corrected chi connectivity index (χ0v) is 9.81. The molecular weight excluding hydrogens is 223 g/mol. The van der Waals surface area contributed by atoms with Gasteiger partial charge < -0.3 is 9.84 Å². The van der Waals surface area contributed by atoms with E-state index in [1.807, 2.05) is 6.92 Å². The average molecular weight is 238 g/mol. The number of rotatable bonds is 2. The second kappa shape index (κ2) is 4.11. The number of benzene rings is 1. The Labute approximate surface area is 99.2 Å². The average Bonchev–Trinajstić information content (AvgIpc) is 2.57. The van der Waals surface area contributed by atoms with Crippen molar-refractivity contribution in [3.63, 3.8) is 0 Å². The van der Waals surface area contributed by atoms with Crippen LogP contribution >= 0.6 is 0 Å². The van der Waals surface area contributed by atoms with Gasteiger partial charge in [-0.1, -0.05) is 32.0 Å². The fourth-order valence-electron chi connectivity index (χ4n) is 2.41. The fraction of sp³-hybridized carbons (Fsp3) is 0.462. The Bertz CT molecular complexity index is 446. The second-order valence-electron chi connectivity index (χ2n) is 4.76. The molecule has 1 aromatic rings. The zero-order chi connectivity index (χ0) is 12.6. The molecule has 0 spiro atoms. The molecule has 0 aliphatic carbocycles. The number of carboxylic acid groups (broad SMARTS) is 1. The predicted molar refractivity (Wildman–Crippen MR) is 60.3 cm³/mol. The van der Waals surface area contributed by atoms with Crippen LogP contribution in [0.25, 0.3) is 0 Å². The molecule has 0 amide bonds. The van der Waals surface area contributed by atoms with Crippen LogP contribution < -0.4 is 0 Å². The van der Waals surface area contributed by atoms with Gasteiger partial charge >= 0.3 is 5.97 Å². The summed E-state index contributed by atoms with van der Waals surface area (Å²) in [6.07, 6.45) is -0.861. The molecule has 0 radical (unpaired) electrons. The topological polar surface area (TPSA) is 46.5 Å². The third-order valence-corrected chi connectivity index (χ3v) is 3.75. The fourth-order valence-corrected chi connectivity index (χ4v) is 2.41. The van der Waals surface area contributed by atoms with Gasteiger partial charge in [0.15, 0.2) is 6.10 Å². The summed E-state index contributed by atoms with van der Waals surface area (Å²) in [4.78, 5) is 11.0. The highest BCUT2D eigenvalue weighted by Gasteiger charge is 2.48. The molecule has 17 heavy (non-hydrogen) atoms. The van der Waals surface area contributed by atoms with Crippen LogP contribution in [0.1, 0.15) is 19.4 Å². The number of carbonyl (C=O) groups is 1. The van der Waals surface area contributed by atoms with E-state index in [-0.39, 0.29) is 18.3 Å². The standard InChI is InChI=1S/C13H15FO3/c1-8-11(12(15)16)17-7-13(8,2)9-5-3-4-6-10(9)14/h3-6,8,11H,7H2,1-2H3,(H,15,16)/t8-,11?,13-/m1/s1. The summed E-state index contributed by atoms with van der Waals surface area (Å²) >= 11 is 0. The van der Waals surface area contributed by atoms with E-state index in [0.29, 0.717) is 5.56 Å². The molecule has 1 aliphatic heterocycles. The van der Waals surface area contributed by atoms with E-state index in [2.05, 4.69) is 0 Å². The number of aliphatic carboxylic acids is 1. The number of hydrogen-bond acceptors (Lipinski definition) is 2. The molecule has 0 saturated carbocycles. The first-order valence-electron chi connectivity index (χ1n) is 5.56. The van der Waals surface area contributed by atoms with Crippen molar-refractivity contribution in [3.05, 3.63) is 35.6 Å². The molecule has 4 heteroatoms. The van der Waals surface area contributed by atoms with Crippen LogP contribution in [0.4, 0.5) is 4.39 Å². The maximum absolute atomic E-state index is 13.8. The largest absolute Gasteiger partial charge is 0.479 e. The normalized spacial score (nSPS) is 32.6. The van der Waals surface area contributed by atoms with Crippen LogP contribution in [0.5, 0.6) is 0 Å². The Balaban J connectivity index is 2.39. The number of carboxylic acids is 1. The van der Waals surface area contributed by atoms with Crippen molar-refractivity contribution < 1.29 is 19.0 Å². The molecule has 92 valence electrons. The molecule has 0 bridgehead atoms. The monoisotopic (exact) mass is 238 g/mol. The van der Waals surface area contributed by atoms with Crippen LogP contribution in [0.2, 0.25) is 0 Å². The van der Waals surface area contributed by atoms with Crippen molar-refractivity contribution in [3.8, 4) is 0 Å². The molecular formula is C13H15FO3. The first-order valence-corrected chi connectivity index (χ1v) is 5.56. The van der Waals surface area contributed by atoms with Gasteiger partial charge in [-0.15, -0.1) is 0 Å². The van der Waals surface area contributed by atoms with Gasteiger partial charge in [-0.2, -0.15) is 0 Å². The van der Waals surface area contributed by atoms with Crippen molar-refractivity contribution in [2.24, 2.45) is 5.92 Å². The van der Waals surface area contributed by atoms with E-state index in [0.717, 1.165) is 0 Å². The summed E-state index contributed by atoms with van der Waals surface area (Å²) in [5, 5.41) is 9.01. The van der Waals surface area contributed by atoms with Crippen LogP contribution in [0.15, 0.2) is 24.3 Å². The summed E-state index contributed by atoms with van der Waals surface area (Å²) in [6, 6.07) is 6.46. The van der Waals surface area contributed by atoms with E-state index >= 15 is 0 Å². The van der Waals surface area contributed by atoms with E-state index < -0.39 is 17.5 Å². The lowest BCUT2D eigenvalue weighted by Crippen LogP contribution is -2.35. The van der Waals surface area contributed by atoms with Crippen LogP contribution in [0.3, 0.4) is 0 Å². The lowest BCUT2D eigenvalue weighted by atomic mass is 9.73. The van der Waals surface area contributed by atoms with Gasteiger partial charge in [0.05, 0.1) is 6.61 Å². The zero-order valence-electron chi connectivity index (χ0n) is 9.81. The van der Waals surface area contributed by atoms with Crippen LogP contribution in [0, 0.1) is 11.7 Å². The summed E-state index contributed by atoms with van der Waals surface area (Å²) in [5.41, 5.74) is -0.0646. The number of hydrogen-bond donors (Lipinski definition) is 1. The third-order valence-electron chi connectivity index (χ3n) is 3.75. The Morgan fingerprint density at radius 2 is 2.18 bits per heavy atom. The Morgan fingerprint density at radius 3 is 2.71 bits per heavy atom. The quantitative estimate of drug-likeness (QED) is 0.859. The molecule has 3 atom stereocenters. The third kappa shape index (κ3) is 1.82. The highest BCUT2D eigenvalue weighted by atomic mass is 19.1. The molecule has 1 aliphatic rings. The minimum atomic E-state index is -0.988. The molecule has 1 aromatic carbocycles. The molecule has 1 saturated heterocycles. The van der Waals surface area contributed by atoms with Gasteiger partial charge in [-0.25, -0.2) is 9.18 Å². The molecule has 1 N–H and O–H groups in total. The van der Waals surface area contributed by atoms with Gasteiger partial charge in [0.1, 0.15) is 5.82 Å². The SMILES string of the molecule is C[C@@H]1C(C(=O)O)OC[C@@]1(C)c1ccccc1F. The molecule has 1 heterocycles. The second-order valence-corrected chi connectivity index (χ2v) is 4.76. The smallest absolute Gasteiger partial charge is 0.333 e. The van der Waals surface area contributed by atoms with Gasteiger partial charge in [0, 0.05) is 11.3 Å². The molecule has 0 aromatic heterocycles. The number of halogens is 1. The van der Waals surface area contributed by atoms with Gasteiger partial charge in [0.2, 0.25) is 0 Å². The van der Waals surface area contributed by atoms with Gasteiger partial charge in [-0.05, 0) is 11.6 Å². The van der Waals surface area contributed by atoms with Crippen molar-refractivity contribution in [1.29, 1.82) is 0 Å². The Morgan fingerprint density at radius 1 is 1.53 bits per heavy atom. The first-order chi connectivity index (χ1) is 7.97. The number of ether oxygens (including phenoxy) is 1. The lowest BCUT2D eigenvalue weighted by Gasteiger charge is -2.28. The first kappa shape index (κ1) is 12.0. The highest BCUT2D eigenvalue weighted by molar-refractivity contribution is 5.73. The van der Waals surface area contributed by atoms with Crippen molar-refractivity contribution >= 4 is 5.97 Å². The van der Waals surface area contributed by atoms with E-state index in [1.165, 1.54) is 6.07 Å². The van der Waals surface area contributed by atoms with Crippen molar-refractivity contribution in [1.82, 2.24) is 0 Å². The summed E-state index contributed by atoms with van der Waals surface area (Å²) in [6.45, 7) is 3.86. The Hall–Kier alpha value is -1.42. The van der Waals surface area contributed by atoms with Gasteiger partial charge in [0.25, 0.3) is 0 Å².